The maximum atomic E-state index is 11.0. The quantitative estimate of drug-likeness (QED) is 0.592. The van der Waals surface area contributed by atoms with Crippen LogP contribution in [0.4, 0.5) is 4.79 Å². The largest absolute Gasteiger partial charge is 0.334 e. The molecule has 0 aliphatic carbocycles. The van der Waals surface area contributed by atoms with E-state index in [1.165, 1.54) is 0 Å². The molecule has 0 bridgehead atoms. The van der Waals surface area contributed by atoms with Crippen LogP contribution in [-0.4, -0.2) is 23.0 Å². The van der Waals surface area contributed by atoms with Gasteiger partial charge in [-0.15, -0.1) is 0 Å². The maximum absolute atomic E-state index is 11.0. The molecule has 0 heterocycles. The molecule has 0 fully saturated rings. The summed E-state index contributed by atoms with van der Waals surface area (Å²) in [7, 11) is 0. The number of nitrogens with zero attached hydrogens (tertiary/aromatic N) is 2. The average Bonchev–Trinajstić information content (AvgIpc) is 1.85. The Hall–Kier alpha value is -0.770. The van der Waals surface area contributed by atoms with E-state index in [0.717, 1.165) is 0 Å². The van der Waals surface area contributed by atoms with Crippen LogP contribution in [0.1, 0.15) is 27.7 Å². The van der Waals surface area contributed by atoms with Crippen molar-refractivity contribution in [2.24, 2.45) is 0 Å². The monoisotopic (exact) mass is 157 g/mol. The van der Waals surface area contributed by atoms with Gasteiger partial charge in [0.1, 0.15) is 0 Å². The van der Waals surface area contributed by atoms with E-state index >= 15 is 0 Å². The highest BCUT2D eigenvalue weighted by Crippen LogP contribution is 2.03. The van der Waals surface area contributed by atoms with E-state index in [1.54, 1.807) is 10.3 Å². The van der Waals surface area contributed by atoms with Gasteiger partial charge in [-0.2, -0.15) is 0 Å². The Balaban J connectivity index is 4.22. The number of hydrogen-bond acceptors (Lipinski definition) is 1. The Bertz CT molecular complexity index is 126. The summed E-state index contributed by atoms with van der Waals surface area (Å²) in [4.78, 5) is 12.5. The lowest BCUT2D eigenvalue weighted by molar-refractivity contribution is 0.164. The van der Waals surface area contributed by atoms with Crippen LogP contribution in [0.25, 0.3) is 0 Å². The molecule has 0 unspecified atom stereocenters. The molecular weight excluding hydrogens is 142 g/mol. The molecule has 0 aliphatic heterocycles. The van der Waals surface area contributed by atoms with Gasteiger partial charge < -0.3 is 4.90 Å². The topological polar surface area (TPSA) is 54.6 Å². The molecule has 64 valence electrons. The summed E-state index contributed by atoms with van der Waals surface area (Å²) in [5.41, 5.74) is 1.61. The summed E-state index contributed by atoms with van der Waals surface area (Å²) < 4.78 is 0. The van der Waals surface area contributed by atoms with Gasteiger partial charge in [-0.25, -0.2) is 10.2 Å². The molecule has 4 heteroatoms. The molecule has 11 heavy (non-hydrogen) atoms. The van der Waals surface area contributed by atoms with Gasteiger partial charge in [-0.1, -0.05) is 0 Å². The van der Waals surface area contributed by atoms with Gasteiger partial charge in [0.2, 0.25) is 0 Å². The Labute approximate surface area is 67.7 Å². The molecular formula is C7H15N3O. The molecule has 0 saturated carbocycles. The van der Waals surface area contributed by atoms with Gasteiger partial charge in [-0.05, 0) is 33.5 Å². The minimum atomic E-state index is -0.449. The molecule has 0 aromatic rings. The zero-order chi connectivity index (χ0) is 9.02. The zero-order valence-corrected chi connectivity index (χ0v) is 7.46. The summed E-state index contributed by atoms with van der Waals surface area (Å²) >= 11 is 0. The summed E-state index contributed by atoms with van der Waals surface area (Å²) in [6.07, 6.45) is 0. The van der Waals surface area contributed by atoms with Gasteiger partial charge in [0.25, 0.3) is 0 Å². The average molecular weight is 157 g/mol. The predicted octanol–water partition coefficient (Wildman–Crippen LogP) is 0.798. The van der Waals surface area contributed by atoms with Crippen LogP contribution in [0.5, 0.6) is 0 Å². The SMILES string of the molecule is CC(C)N(C(=O)N[N])C(C)C. The van der Waals surface area contributed by atoms with Crippen molar-refractivity contribution in [3.63, 3.8) is 0 Å². The van der Waals surface area contributed by atoms with E-state index in [2.05, 4.69) is 0 Å². The number of hydrogen-bond donors (Lipinski definition) is 1. The van der Waals surface area contributed by atoms with Crippen LogP contribution in [0.2, 0.25) is 0 Å². The van der Waals surface area contributed by atoms with Crippen molar-refractivity contribution in [2.75, 3.05) is 0 Å². The van der Waals surface area contributed by atoms with Crippen molar-refractivity contribution in [3.05, 3.63) is 0 Å². The first-order valence-corrected chi connectivity index (χ1v) is 3.73. The lowest BCUT2D eigenvalue weighted by Crippen LogP contribution is -2.47. The Morgan fingerprint density at radius 2 is 1.64 bits per heavy atom. The first-order chi connectivity index (χ1) is 5.00. The minimum Gasteiger partial charge on any atom is -0.319 e. The third-order valence-electron chi connectivity index (χ3n) is 1.44. The normalized spacial score (nSPS) is 10.5. The number of rotatable bonds is 2. The van der Waals surface area contributed by atoms with Crippen LogP contribution < -0.4 is 11.3 Å². The Morgan fingerprint density at radius 3 is 1.73 bits per heavy atom. The molecule has 4 nitrogen and oxygen atoms in total. The molecule has 0 aliphatic rings. The molecule has 2 radical (unpaired) electrons. The molecule has 0 spiro atoms. The minimum absolute atomic E-state index is 0.0992. The third kappa shape index (κ3) is 2.76. The van der Waals surface area contributed by atoms with Gasteiger partial charge >= 0.3 is 6.03 Å². The van der Waals surface area contributed by atoms with Crippen molar-refractivity contribution in [1.82, 2.24) is 16.2 Å². The van der Waals surface area contributed by atoms with Gasteiger partial charge in [-0.3, -0.25) is 0 Å². The van der Waals surface area contributed by atoms with Crippen molar-refractivity contribution in [3.8, 4) is 0 Å². The zero-order valence-electron chi connectivity index (χ0n) is 7.46. The maximum Gasteiger partial charge on any atom is 0.334 e. The summed E-state index contributed by atoms with van der Waals surface area (Å²) in [6, 6.07) is -0.251. The fourth-order valence-electron chi connectivity index (χ4n) is 1.12. The van der Waals surface area contributed by atoms with Crippen LogP contribution in [0.3, 0.4) is 0 Å². The molecule has 0 saturated heterocycles. The van der Waals surface area contributed by atoms with Crippen LogP contribution in [0.15, 0.2) is 0 Å². The summed E-state index contributed by atoms with van der Waals surface area (Å²) in [5.74, 6) is 8.36. The second kappa shape index (κ2) is 4.18. The molecule has 0 atom stereocenters. The van der Waals surface area contributed by atoms with Gasteiger partial charge in [0, 0.05) is 12.1 Å². The number of carbonyl (C=O) groups excluding carboxylic acids is 1. The van der Waals surface area contributed by atoms with Crippen molar-refractivity contribution in [2.45, 2.75) is 39.8 Å². The first-order valence-electron chi connectivity index (χ1n) is 3.73. The first kappa shape index (κ1) is 10.2. The van der Waals surface area contributed by atoms with Gasteiger partial charge in [0.15, 0.2) is 0 Å². The van der Waals surface area contributed by atoms with E-state index in [9.17, 15) is 4.79 Å². The standard InChI is InChI=1S/C7H15N3O/c1-5(2)10(6(3)4)7(11)9-8/h5-6H,1-4H3,(H,9,11). The highest BCUT2D eigenvalue weighted by atomic mass is 16.2. The molecule has 2 amide bonds. The fraction of sp³-hybridized carbons (Fsp3) is 0.857. The highest BCUT2D eigenvalue weighted by molar-refractivity contribution is 5.73. The van der Waals surface area contributed by atoms with Crippen molar-refractivity contribution >= 4 is 6.03 Å². The Kier molecular flexibility index (Phi) is 3.89. The second-order valence-corrected chi connectivity index (χ2v) is 3.01. The number of urea groups is 1. The molecule has 1 N–H and O–H groups in total. The second-order valence-electron chi connectivity index (χ2n) is 3.01. The van der Waals surface area contributed by atoms with Crippen molar-refractivity contribution < 1.29 is 4.79 Å². The molecule has 0 rings (SSSR count). The van der Waals surface area contributed by atoms with E-state index in [1.807, 2.05) is 27.7 Å². The number of carbonyl (C=O) groups is 1. The third-order valence-corrected chi connectivity index (χ3v) is 1.44. The lowest BCUT2D eigenvalue weighted by Gasteiger charge is -2.29. The van der Waals surface area contributed by atoms with E-state index in [-0.39, 0.29) is 12.1 Å². The van der Waals surface area contributed by atoms with Crippen LogP contribution in [0, 0.1) is 0 Å². The van der Waals surface area contributed by atoms with Gasteiger partial charge in [0.05, 0.1) is 0 Å². The van der Waals surface area contributed by atoms with E-state index in [4.69, 9.17) is 5.84 Å². The number of amides is 2. The smallest absolute Gasteiger partial charge is 0.319 e. The fourth-order valence-corrected chi connectivity index (χ4v) is 1.12. The molecule has 0 aromatic heterocycles. The molecule has 0 aromatic carbocycles. The predicted molar refractivity (Wildman–Crippen MR) is 42.8 cm³/mol. The summed E-state index contributed by atoms with van der Waals surface area (Å²) in [5, 5.41) is 0. The van der Waals surface area contributed by atoms with Crippen LogP contribution >= 0.6 is 0 Å². The van der Waals surface area contributed by atoms with Crippen molar-refractivity contribution in [1.29, 1.82) is 0 Å². The van der Waals surface area contributed by atoms with E-state index < -0.39 is 6.03 Å². The van der Waals surface area contributed by atoms with E-state index in [0.29, 0.717) is 0 Å². The summed E-state index contributed by atoms with van der Waals surface area (Å²) in [6.45, 7) is 7.59. The lowest BCUT2D eigenvalue weighted by atomic mass is 10.2. The van der Waals surface area contributed by atoms with Crippen LogP contribution in [-0.2, 0) is 0 Å². The Morgan fingerprint density at radius 1 is 1.27 bits per heavy atom. The highest BCUT2D eigenvalue weighted by Gasteiger charge is 2.18. The number of nitrogens with one attached hydrogen (secondary N) is 1.